The molecule has 1 fully saturated rings. The zero-order chi connectivity index (χ0) is 31.7. The van der Waals surface area contributed by atoms with Crippen LogP contribution in [-0.4, -0.2) is 39.0 Å². The molecule has 13 heteroatoms. The van der Waals surface area contributed by atoms with E-state index < -0.39 is 51.8 Å². The Balaban J connectivity index is 1.32. The van der Waals surface area contributed by atoms with Crippen molar-refractivity contribution in [3.63, 3.8) is 0 Å². The van der Waals surface area contributed by atoms with Gasteiger partial charge in [0.15, 0.2) is 0 Å². The van der Waals surface area contributed by atoms with Gasteiger partial charge in [-0.25, -0.2) is 18.0 Å². The fourth-order valence-electron chi connectivity index (χ4n) is 5.06. The van der Waals surface area contributed by atoms with E-state index in [4.69, 9.17) is 16.5 Å². The number of hydrogen-bond acceptors (Lipinski definition) is 6. The predicted octanol–water partition coefficient (Wildman–Crippen LogP) is 5.30. The van der Waals surface area contributed by atoms with Gasteiger partial charge in [-0.2, -0.15) is 13.2 Å². The SMILES string of the molecule is O=C(N[C@H](COC(=O)[C@H](Cc1ccccc1)NCl)c1ccccc1)C1CCC(NS(=O)(=O)c2ccc(C(F)(F)F)cc2)CC1. The van der Waals surface area contributed by atoms with Crippen LogP contribution in [0, 0.1) is 5.92 Å². The molecule has 0 aromatic heterocycles. The molecule has 0 spiro atoms. The Bertz CT molecular complexity index is 1490. The molecule has 1 amide bonds. The zero-order valence-corrected chi connectivity index (χ0v) is 25.2. The van der Waals surface area contributed by atoms with E-state index in [1.54, 1.807) is 0 Å². The highest BCUT2D eigenvalue weighted by atomic mass is 35.5. The van der Waals surface area contributed by atoms with E-state index in [-0.39, 0.29) is 17.4 Å². The van der Waals surface area contributed by atoms with Crippen molar-refractivity contribution in [2.75, 3.05) is 6.61 Å². The summed E-state index contributed by atoms with van der Waals surface area (Å²) in [5.41, 5.74) is 0.701. The van der Waals surface area contributed by atoms with Crippen molar-refractivity contribution in [3.8, 4) is 0 Å². The van der Waals surface area contributed by atoms with Crippen molar-refractivity contribution in [2.24, 2.45) is 5.92 Å². The first-order chi connectivity index (χ1) is 21.0. The molecule has 0 unspecified atom stereocenters. The number of carbonyl (C=O) groups excluding carboxylic acids is 2. The standard InChI is InChI=1S/C31H33ClF3N3O5S/c32-37-27(19-21-7-3-1-4-8-21)30(40)43-20-28(22-9-5-2-6-10-22)36-29(39)23-11-15-25(16-12-23)38-44(41,42)26-17-13-24(14-18-26)31(33,34)35/h1-10,13-14,17-18,23,25,27-28,37-38H,11-12,15-16,19-20H2,(H,36,39)/t23?,25?,27-,28+/m0/s1. The summed E-state index contributed by atoms with van der Waals surface area (Å²) in [5, 5.41) is 2.97. The first kappa shape index (κ1) is 33.4. The minimum absolute atomic E-state index is 0.124. The zero-order valence-electron chi connectivity index (χ0n) is 23.6. The Morgan fingerprint density at radius 2 is 1.48 bits per heavy atom. The van der Waals surface area contributed by atoms with E-state index in [9.17, 15) is 31.2 Å². The molecule has 0 aliphatic heterocycles. The van der Waals surface area contributed by atoms with Gasteiger partial charge >= 0.3 is 12.1 Å². The summed E-state index contributed by atoms with van der Waals surface area (Å²) in [6.07, 6.45) is -2.73. The first-order valence-corrected chi connectivity index (χ1v) is 15.9. The Hall–Kier alpha value is -3.45. The fraction of sp³-hybridized carbons (Fsp3) is 0.355. The number of amides is 1. The van der Waals surface area contributed by atoms with Crippen LogP contribution in [0.4, 0.5) is 13.2 Å². The summed E-state index contributed by atoms with van der Waals surface area (Å²) < 4.78 is 72.1. The second kappa shape index (κ2) is 15.0. The normalized spacial score (nSPS) is 18.6. The third-order valence-electron chi connectivity index (χ3n) is 7.52. The summed E-state index contributed by atoms with van der Waals surface area (Å²) in [6, 6.07) is 19.8. The molecule has 0 heterocycles. The number of ether oxygens (including phenoxy) is 1. The summed E-state index contributed by atoms with van der Waals surface area (Å²) >= 11 is 5.84. The topological polar surface area (TPSA) is 114 Å². The molecule has 3 N–H and O–H groups in total. The number of benzene rings is 3. The number of nitrogens with one attached hydrogen (secondary N) is 3. The first-order valence-electron chi connectivity index (χ1n) is 14.1. The van der Waals surface area contributed by atoms with Crippen LogP contribution < -0.4 is 14.9 Å². The third kappa shape index (κ3) is 9.28. The van der Waals surface area contributed by atoms with Crippen molar-refractivity contribution in [1.29, 1.82) is 0 Å². The monoisotopic (exact) mass is 651 g/mol. The highest BCUT2D eigenvalue weighted by Crippen LogP contribution is 2.30. The largest absolute Gasteiger partial charge is 0.462 e. The van der Waals surface area contributed by atoms with E-state index >= 15 is 0 Å². The summed E-state index contributed by atoms with van der Waals surface area (Å²) in [5.74, 6) is -1.23. The number of rotatable bonds is 12. The third-order valence-corrected chi connectivity index (χ3v) is 9.32. The Labute approximate surface area is 259 Å². The van der Waals surface area contributed by atoms with Gasteiger partial charge < -0.3 is 10.1 Å². The van der Waals surface area contributed by atoms with E-state index in [0.29, 0.717) is 32.1 Å². The highest BCUT2D eigenvalue weighted by molar-refractivity contribution is 7.89. The van der Waals surface area contributed by atoms with Gasteiger partial charge in [0.25, 0.3) is 0 Å². The van der Waals surface area contributed by atoms with Gasteiger partial charge in [0, 0.05) is 12.0 Å². The van der Waals surface area contributed by atoms with Gasteiger partial charge in [0.2, 0.25) is 15.9 Å². The Morgan fingerprint density at radius 3 is 2.05 bits per heavy atom. The summed E-state index contributed by atoms with van der Waals surface area (Å²) in [7, 11) is -4.04. The second-order valence-corrected chi connectivity index (χ2v) is 12.6. The molecule has 8 nitrogen and oxygen atoms in total. The lowest BCUT2D eigenvalue weighted by atomic mass is 9.85. The van der Waals surface area contributed by atoms with Gasteiger partial charge in [0.05, 0.1) is 16.5 Å². The number of alkyl halides is 3. The van der Waals surface area contributed by atoms with Crippen LogP contribution in [0.5, 0.6) is 0 Å². The van der Waals surface area contributed by atoms with Crippen molar-refractivity contribution in [1.82, 2.24) is 14.9 Å². The molecule has 3 aromatic rings. The molecule has 236 valence electrons. The second-order valence-electron chi connectivity index (χ2n) is 10.6. The summed E-state index contributed by atoms with van der Waals surface area (Å²) in [4.78, 5) is 28.3. The van der Waals surface area contributed by atoms with E-state index in [1.165, 1.54) is 0 Å². The molecule has 0 saturated heterocycles. The lowest BCUT2D eigenvalue weighted by molar-refractivity contribution is -0.147. The van der Waals surface area contributed by atoms with E-state index in [2.05, 4.69) is 14.9 Å². The molecule has 0 radical (unpaired) electrons. The maximum absolute atomic E-state index is 13.3. The minimum atomic E-state index is -4.57. The number of halogens is 4. The number of hydrogen-bond donors (Lipinski definition) is 3. The van der Waals surface area contributed by atoms with Crippen molar-refractivity contribution in [2.45, 2.75) is 61.3 Å². The summed E-state index contributed by atoms with van der Waals surface area (Å²) in [6.45, 7) is -0.124. The molecule has 4 rings (SSSR count). The molecule has 44 heavy (non-hydrogen) atoms. The van der Waals surface area contributed by atoms with Crippen molar-refractivity contribution < 1.29 is 35.9 Å². The molecular weight excluding hydrogens is 619 g/mol. The maximum atomic E-state index is 13.3. The smallest absolute Gasteiger partial charge is 0.416 e. The van der Waals surface area contributed by atoms with Gasteiger partial charge in [-0.15, -0.1) is 0 Å². The fourth-order valence-corrected chi connectivity index (χ4v) is 6.53. The van der Waals surface area contributed by atoms with E-state index in [1.807, 2.05) is 60.7 Å². The Kier molecular flexibility index (Phi) is 11.4. The van der Waals surface area contributed by atoms with Crippen LogP contribution in [-0.2, 0) is 36.9 Å². The van der Waals surface area contributed by atoms with E-state index in [0.717, 1.165) is 35.4 Å². The lowest BCUT2D eigenvalue weighted by Crippen LogP contribution is -2.42. The van der Waals surface area contributed by atoms with Gasteiger partial charge in [-0.05, 0) is 79.3 Å². The maximum Gasteiger partial charge on any atom is 0.416 e. The van der Waals surface area contributed by atoms with Crippen molar-refractivity contribution in [3.05, 3.63) is 102 Å². The van der Waals surface area contributed by atoms with Crippen LogP contribution in [0.2, 0.25) is 0 Å². The van der Waals surface area contributed by atoms with Gasteiger partial charge in [-0.1, -0.05) is 60.7 Å². The van der Waals surface area contributed by atoms with Crippen LogP contribution in [0.15, 0.2) is 89.8 Å². The molecule has 1 saturated carbocycles. The highest BCUT2D eigenvalue weighted by Gasteiger charge is 2.33. The van der Waals surface area contributed by atoms with Crippen molar-refractivity contribution >= 4 is 33.7 Å². The van der Waals surface area contributed by atoms with Crippen LogP contribution in [0.3, 0.4) is 0 Å². The number of sulfonamides is 1. The molecular formula is C31H33ClF3N3O5S. The molecule has 1 aliphatic rings. The molecule has 0 bridgehead atoms. The molecule has 1 aliphatic carbocycles. The van der Waals surface area contributed by atoms with Crippen LogP contribution in [0.1, 0.15) is 48.4 Å². The van der Waals surface area contributed by atoms with Crippen LogP contribution >= 0.6 is 11.8 Å². The lowest BCUT2D eigenvalue weighted by Gasteiger charge is -2.30. The molecule has 3 aromatic carbocycles. The average molecular weight is 652 g/mol. The number of esters is 1. The van der Waals surface area contributed by atoms with Crippen LogP contribution in [0.25, 0.3) is 0 Å². The average Bonchev–Trinajstić information content (AvgIpc) is 3.02. The van der Waals surface area contributed by atoms with Gasteiger partial charge in [-0.3, -0.25) is 9.59 Å². The molecule has 2 atom stereocenters. The number of carbonyl (C=O) groups is 2. The Morgan fingerprint density at radius 1 is 0.886 bits per heavy atom. The predicted molar refractivity (Wildman–Crippen MR) is 159 cm³/mol. The van der Waals surface area contributed by atoms with Gasteiger partial charge in [0.1, 0.15) is 12.6 Å². The minimum Gasteiger partial charge on any atom is -0.462 e. The quantitative estimate of drug-likeness (QED) is 0.181.